The summed E-state index contributed by atoms with van der Waals surface area (Å²) in [5.74, 6) is 0.416. The minimum absolute atomic E-state index is 0.296. The molecule has 1 fully saturated rings. The van der Waals surface area contributed by atoms with Crippen molar-refractivity contribution >= 4 is 26.7 Å². The van der Waals surface area contributed by atoms with Crippen LogP contribution < -0.4 is 4.90 Å². The van der Waals surface area contributed by atoms with E-state index in [9.17, 15) is 12.8 Å². The molecule has 1 aromatic carbocycles. The van der Waals surface area contributed by atoms with E-state index >= 15 is 0 Å². The van der Waals surface area contributed by atoms with Crippen molar-refractivity contribution in [2.24, 2.45) is 0 Å². The van der Waals surface area contributed by atoms with Gasteiger partial charge in [0.15, 0.2) is 0 Å². The number of pyridine rings is 1. The molecule has 0 bridgehead atoms. The van der Waals surface area contributed by atoms with Gasteiger partial charge < -0.3 is 4.90 Å². The summed E-state index contributed by atoms with van der Waals surface area (Å²) in [7, 11) is -0.162. The Morgan fingerprint density at radius 3 is 2.67 bits per heavy atom. The molecule has 7 nitrogen and oxygen atoms in total. The molecule has 0 saturated carbocycles. The number of nitrogens with zero attached hydrogens (tertiary/aromatic N) is 5. The molecule has 1 atom stereocenters. The van der Waals surface area contributed by atoms with Crippen molar-refractivity contribution in [2.45, 2.75) is 11.7 Å². The van der Waals surface area contributed by atoms with Gasteiger partial charge in [-0.15, -0.1) is 0 Å². The number of benzene rings is 1. The van der Waals surface area contributed by atoms with Crippen LogP contribution in [0.4, 0.5) is 10.2 Å². The third-order valence-electron chi connectivity index (χ3n) is 4.86. The van der Waals surface area contributed by atoms with E-state index in [4.69, 9.17) is 0 Å². The molecule has 3 aromatic rings. The molecule has 0 spiro atoms. The van der Waals surface area contributed by atoms with Crippen LogP contribution in [0.3, 0.4) is 0 Å². The molecule has 4 rings (SSSR count). The maximum atomic E-state index is 13.1. The highest BCUT2D eigenvalue weighted by atomic mass is 32.2. The molecule has 1 aliphatic heterocycles. The van der Waals surface area contributed by atoms with Gasteiger partial charge in [-0.05, 0) is 30.7 Å². The van der Waals surface area contributed by atoms with Crippen LogP contribution in [0.1, 0.15) is 6.42 Å². The topological polar surface area (TPSA) is 71.3 Å². The lowest BCUT2D eigenvalue weighted by atomic mass is 10.3. The Hall–Kier alpha value is -2.52. The Balaban J connectivity index is 1.60. The predicted molar refractivity (Wildman–Crippen MR) is 102 cm³/mol. The molecular formula is C18H20FN5O2S. The van der Waals surface area contributed by atoms with Crippen LogP contribution >= 0.6 is 0 Å². The van der Waals surface area contributed by atoms with E-state index in [1.54, 1.807) is 37.1 Å². The molecule has 0 amide bonds. The zero-order valence-electron chi connectivity index (χ0n) is 15.1. The quantitative estimate of drug-likeness (QED) is 0.683. The number of fused-ring (bicyclic) bond motifs is 1. The Morgan fingerprint density at radius 1 is 1.22 bits per heavy atom. The number of anilines is 1. The van der Waals surface area contributed by atoms with Gasteiger partial charge in [-0.1, -0.05) is 0 Å². The van der Waals surface area contributed by atoms with Gasteiger partial charge in [0.25, 0.3) is 0 Å². The lowest BCUT2D eigenvalue weighted by molar-refractivity contribution is 0.508. The molecule has 0 aliphatic carbocycles. The lowest BCUT2D eigenvalue weighted by Crippen LogP contribution is -2.35. The highest BCUT2D eigenvalue weighted by Gasteiger charge is 2.35. The summed E-state index contributed by atoms with van der Waals surface area (Å²) in [6.07, 6.45) is 4.14. The van der Waals surface area contributed by atoms with Crippen molar-refractivity contribution in [3.8, 4) is 5.69 Å². The highest BCUT2D eigenvalue weighted by molar-refractivity contribution is 7.89. The van der Waals surface area contributed by atoms with Gasteiger partial charge in [0.2, 0.25) is 10.0 Å². The number of aromatic nitrogens is 3. The van der Waals surface area contributed by atoms with Crippen LogP contribution in [0, 0.1) is 5.82 Å². The second kappa shape index (κ2) is 6.58. The monoisotopic (exact) mass is 389 g/mol. The van der Waals surface area contributed by atoms with Gasteiger partial charge in [0, 0.05) is 51.0 Å². The van der Waals surface area contributed by atoms with E-state index in [-0.39, 0.29) is 5.82 Å². The molecule has 2 aromatic heterocycles. The van der Waals surface area contributed by atoms with Gasteiger partial charge in [-0.3, -0.25) is 0 Å². The van der Waals surface area contributed by atoms with Crippen LogP contribution in [-0.4, -0.2) is 59.9 Å². The third kappa shape index (κ3) is 3.28. The molecule has 3 heterocycles. The summed E-state index contributed by atoms with van der Waals surface area (Å²) in [5.41, 5.74) is 1.51. The standard InChI is InChI=1S/C18H20FN5O2S/c1-22(2)27(25,26)16-7-8-23(12-16)18-9-17-13(10-20-18)11-24(21-17)15-5-3-14(19)4-6-15/h3-6,9-11,16H,7-8,12H2,1-2H3. The molecular weight excluding hydrogens is 369 g/mol. The molecule has 27 heavy (non-hydrogen) atoms. The van der Waals surface area contributed by atoms with Crippen LogP contribution in [-0.2, 0) is 10.0 Å². The smallest absolute Gasteiger partial charge is 0.218 e. The van der Waals surface area contributed by atoms with Gasteiger partial charge in [-0.2, -0.15) is 5.10 Å². The maximum absolute atomic E-state index is 13.1. The lowest BCUT2D eigenvalue weighted by Gasteiger charge is -2.19. The van der Waals surface area contributed by atoms with Crippen molar-refractivity contribution in [3.63, 3.8) is 0 Å². The first-order valence-corrected chi connectivity index (χ1v) is 10.1. The summed E-state index contributed by atoms with van der Waals surface area (Å²) in [4.78, 5) is 6.45. The van der Waals surface area contributed by atoms with Gasteiger partial charge in [0.05, 0.1) is 16.5 Å². The number of hydrogen-bond donors (Lipinski definition) is 0. The molecule has 142 valence electrons. The third-order valence-corrected chi connectivity index (χ3v) is 7.11. The number of hydrogen-bond acceptors (Lipinski definition) is 5. The van der Waals surface area contributed by atoms with Crippen LogP contribution in [0.2, 0.25) is 0 Å². The van der Waals surface area contributed by atoms with Gasteiger partial charge in [-0.25, -0.2) is 26.8 Å². The summed E-state index contributed by atoms with van der Waals surface area (Å²) in [5, 5.41) is 4.97. The number of sulfonamides is 1. The fraction of sp³-hybridized carbons (Fsp3) is 0.333. The summed E-state index contributed by atoms with van der Waals surface area (Å²) >= 11 is 0. The number of halogens is 1. The van der Waals surface area contributed by atoms with Crippen LogP contribution in [0.5, 0.6) is 0 Å². The van der Waals surface area contributed by atoms with E-state index in [0.717, 1.165) is 16.6 Å². The van der Waals surface area contributed by atoms with E-state index in [0.29, 0.717) is 25.3 Å². The first-order chi connectivity index (χ1) is 12.8. The van der Waals surface area contributed by atoms with Crippen LogP contribution in [0.15, 0.2) is 42.7 Å². The zero-order chi connectivity index (χ0) is 19.2. The number of rotatable bonds is 4. The van der Waals surface area contributed by atoms with Crippen molar-refractivity contribution in [1.82, 2.24) is 19.1 Å². The summed E-state index contributed by atoms with van der Waals surface area (Å²) in [6.45, 7) is 1.05. The average Bonchev–Trinajstić information content (AvgIpc) is 3.29. The average molecular weight is 389 g/mol. The molecule has 1 aliphatic rings. The summed E-state index contributed by atoms with van der Waals surface area (Å²) < 4.78 is 40.8. The van der Waals surface area contributed by atoms with Gasteiger partial charge in [0.1, 0.15) is 11.6 Å². The second-order valence-corrected chi connectivity index (χ2v) is 9.26. The van der Waals surface area contributed by atoms with Gasteiger partial charge >= 0.3 is 0 Å². The first-order valence-electron chi connectivity index (χ1n) is 8.62. The molecule has 0 radical (unpaired) electrons. The van der Waals surface area contributed by atoms with Crippen molar-refractivity contribution in [1.29, 1.82) is 0 Å². The van der Waals surface area contributed by atoms with Crippen molar-refractivity contribution < 1.29 is 12.8 Å². The normalized spacial score (nSPS) is 17.9. The zero-order valence-corrected chi connectivity index (χ0v) is 15.9. The fourth-order valence-corrected chi connectivity index (χ4v) is 4.65. The largest absolute Gasteiger partial charge is 0.355 e. The first kappa shape index (κ1) is 17.9. The SMILES string of the molecule is CN(C)S(=O)(=O)C1CCN(c2cc3nn(-c4ccc(F)cc4)cc3cn2)C1. The fourth-order valence-electron chi connectivity index (χ4n) is 3.28. The molecule has 0 N–H and O–H groups in total. The van der Waals surface area contributed by atoms with E-state index < -0.39 is 15.3 Å². The highest BCUT2D eigenvalue weighted by Crippen LogP contribution is 2.26. The predicted octanol–water partition coefficient (Wildman–Crippen LogP) is 2.03. The Kier molecular flexibility index (Phi) is 4.35. The molecule has 1 saturated heterocycles. The minimum Gasteiger partial charge on any atom is -0.355 e. The van der Waals surface area contributed by atoms with Crippen LogP contribution in [0.25, 0.3) is 16.6 Å². The van der Waals surface area contributed by atoms with Crippen molar-refractivity contribution in [2.75, 3.05) is 32.1 Å². The Bertz CT molecular complexity index is 1080. The minimum atomic E-state index is -3.28. The second-order valence-electron chi connectivity index (χ2n) is 6.84. The molecule has 1 unspecified atom stereocenters. The summed E-state index contributed by atoms with van der Waals surface area (Å²) in [6, 6.07) is 7.96. The maximum Gasteiger partial charge on any atom is 0.218 e. The Labute approximate surface area is 157 Å². The Morgan fingerprint density at radius 2 is 1.96 bits per heavy atom. The van der Waals surface area contributed by atoms with Crippen molar-refractivity contribution in [3.05, 3.63) is 48.5 Å². The van der Waals surface area contributed by atoms with E-state index in [1.165, 1.54) is 16.4 Å². The van der Waals surface area contributed by atoms with E-state index in [2.05, 4.69) is 10.1 Å². The molecule has 9 heteroatoms. The van der Waals surface area contributed by atoms with E-state index in [1.807, 2.05) is 17.2 Å².